The highest BCUT2D eigenvalue weighted by Gasteiger charge is 2.09. The first-order chi connectivity index (χ1) is 10.7. The molecule has 0 aliphatic rings. The highest BCUT2D eigenvalue weighted by atomic mass is 16.5. The average Bonchev–Trinajstić information content (AvgIpc) is 2.54. The number of esters is 1. The monoisotopic (exact) mass is 293 g/mol. The number of rotatable bonds is 5. The summed E-state index contributed by atoms with van der Waals surface area (Å²) in [6, 6.07) is 18.4. The van der Waals surface area contributed by atoms with E-state index in [9.17, 15) is 4.79 Å². The van der Waals surface area contributed by atoms with Gasteiger partial charge < -0.3 is 9.47 Å². The first-order valence-corrected chi connectivity index (χ1v) is 6.85. The van der Waals surface area contributed by atoms with Gasteiger partial charge in [-0.2, -0.15) is 5.26 Å². The number of benzene rings is 2. The van der Waals surface area contributed by atoms with Crippen molar-refractivity contribution in [2.75, 3.05) is 6.61 Å². The Morgan fingerprint density at radius 3 is 2.55 bits per heavy atom. The normalized spacial score (nSPS) is 10.6. The Hall–Kier alpha value is -3.06. The Kier molecular flexibility index (Phi) is 5.33. The molecular weight excluding hydrogens is 278 g/mol. The number of hydrogen-bond acceptors (Lipinski definition) is 4. The van der Waals surface area contributed by atoms with Crippen LogP contribution in [0.15, 0.2) is 60.2 Å². The van der Waals surface area contributed by atoms with Gasteiger partial charge in [-0.15, -0.1) is 0 Å². The van der Waals surface area contributed by atoms with Crippen molar-refractivity contribution >= 4 is 12.0 Å². The van der Waals surface area contributed by atoms with Gasteiger partial charge >= 0.3 is 5.97 Å². The van der Waals surface area contributed by atoms with Gasteiger partial charge in [0.25, 0.3) is 0 Å². The molecule has 0 radical (unpaired) electrons. The van der Waals surface area contributed by atoms with Crippen LogP contribution in [0.4, 0.5) is 0 Å². The molecule has 0 aliphatic heterocycles. The smallest absolute Gasteiger partial charge is 0.348 e. The van der Waals surface area contributed by atoms with Crippen molar-refractivity contribution in [3.8, 4) is 17.6 Å². The summed E-state index contributed by atoms with van der Waals surface area (Å²) in [6.07, 6.45) is 1.48. The fourth-order valence-corrected chi connectivity index (χ4v) is 1.80. The van der Waals surface area contributed by atoms with E-state index in [1.165, 1.54) is 6.08 Å². The maximum absolute atomic E-state index is 11.6. The van der Waals surface area contributed by atoms with Gasteiger partial charge in [0.2, 0.25) is 0 Å². The predicted octanol–water partition coefficient (Wildman–Crippen LogP) is 3.95. The van der Waals surface area contributed by atoms with E-state index in [1.54, 1.807) is 31.2 Å². The van der Waals surface area contributed by atoms with Crippen LogP contribution in [0.3, 0.4) is 0 Å². The van der Waals surface area contributed by atoms with Crippen LogP contribution in [0.5, 0.6) is 11.5 Å². The quantitative estimate of drug-likeness (QED) is 0.476. The third kappa shape index (κ3) is 4.22. The number of carbonyl (C=O) groups is 1. The van der Waals surface area contributed by atoms with Gasteiger partial charge in [-0.25, -0.2) is 4.79 Å². The fourth-order valence-electron chi connectivity index (χ4n) is 1.80. The lowest BCUT2D eigenvalue weighted by atomic mass is 10.1. The summed E-state index contributed by atoms with van der Waals surface area (Å²) in [6.45, 7) is 1.93. The zero-order chi connectivity index (χ0) is 15.8. The number of ether oxygens (including phenoxy) is 2. The Bertz CT molecular complexity index is 715. The van der Waals surface area contributed by atoms with Crippen LogP contribution in [0, 0.1) is 11.3 Å². The Labute approximate surface area is 129 Å². The minimum Gasteiger partial charge on any atom is -0.462 e. The molecule has 0 saturated carbocycles. The molecular formula is C18H15NO3. The second-order valence-corrected chi connectivity index (χ2v) is 4.38. The van der Waals surface area contributed by atoms with Gasteiger partial charge in [-0.05, 0) is 42.8 Å². The number of nitrogens with zero attached hydrogens (tertiary/aromatic N) is 1. The van der Waals surface area contributed by atoms with Crippen molar-refractivity contribution in [3.05, 3.63) is 65.7 Å². The first kappa shape index (κ1) is 15.3. The fraction of sp³-hybridized carbons (Fsp3) is 0.111. The van der Waals surface area contributed by atoms with E-state index in [2.05, 4.69) is 0 Å². The van der Waals surface area contributed by atoms with Gasteiger partial charge in [0.1, 0.15) is 23.1 Å². The van der Waals surface area contributed by atoms with Crippen LogP contribution in [-0.2, 0) is 9.53 Å². The summed E-state index contributed by atoms with van der Waals surface area (Å²) in [5.41, 5.74) is 0.650. The number of nitriles is 1. The van der Waals surface area contributed by atoms with E-state index in [1.807, 2.05) is 36.4 Å². The summed E-state index contributed by atoms with van der Waals surface area (Å²) in [7, 11) is 0. The lowest BCUT2D eigenvalue weighted by Gasteiger charge is -2.06. The molecule has 0 amide bonds. The molecule has 22 heavy (non-hydrogen) atoms. The average molecular weight is 293 g/mol. The van der Waals surface area contributed by atoms with Crippen molar-refractivity contribution in [2.24, 2.45) is 0 Å². The van der Waals surface area contributed by atoms with E-state index in [4.69, 9.17) is 14.7 Å². The topological polar surface area (TPSA) is 59.3 Å². The SMILES string of the molecule is CCOC(=O)/C(C#N)=C/c1cccc(Oc2ccccc2)c1. The van der Waals surface area contributed by atoms with Gasteiger partial charge in [0.15, 0.2) is 0 Å². The van der Waals surface area contributed by atoms with Crippen molar-refractivity contribution < 1.29 is 14.3 Å². The molecule has 0 atom stereocenters. The largest absolute Gasteiger partial charge is 0.462 e. The Balaban J connectivity index is 2.21. The highest BCUT2D eigenvalue weighted by Crippen LogP contribution is 2.22. The summed E-state index contributed by atoms with van der Waals surface area (Å²) in [5, 5.41) is 9.04. The van der Waals surface area contributed by atoms with Gasteiger partial charge in [-0.1, -0.05) is 30.3 Å². The lowest BCUT2D eigenvalue weighted by molar-refractivity contribution is -0.137. The van der Waals surface area contributed by atoms with E-state index in [0.29, 0.717) is 11.3 Å². The molecule has 0 saturated heterocycles. The van der Waals surface area contributed by atoms with Crippen LogP contribution < -0.4 is 4.74 Å². The maximum atomic E-state index is 11.6. The molecule has 0 aliphatic carbocycles. The first-order valence-electron chi connectivity index (χ1n) is 6.85. The minimum absolute atomic E-state index is 0.0429. The summed E-state index contributed by atoms with van der Waals surface area (Å²) < 4.78 is 10.5. The van der Waals surface area contributed by atoms with Crippen LogP contribution >= 0.6 is 0 Å². The van der Waals surface area contributed by atoms with E-state index in [-0.39, 0.29) is 12.2 Å². The Morgan fingerprint density at radius 1 is 1.14 bits per heavy atom. The molecule has 4 heteroatoms. The molecule has 0 heterocycles. The molecule has 0 spiro atoms. The predicted molar refractivity (Wildman–Crippen MR) is 83.2 cm³/mol. The summed E-state index contributed by atoms with van der Waals surface area (Å²) in [5.74, 6) is 0.718. The van der Waals surface area contributed by atoms with Gasteiger partial charge in [-0.3, -0.25) is 0 Å². The zero-order valence-corrected chi connectivity index (χ0v) is 12.2. The van der Waals surface area contributed by atoms with Crippen molar-refractivity contribution in [1.29, 1.82) is 5.26 Å². The summed E-state index contributed by atoms with van der Waals surface area (Å²) >= 11 is 0. The molecule has 4 nitrogen and oxygen atoms in total. The zero-order valence-electron chi connectivity index (χ0n) is 12.2. The molecule has 0 fully saturated rings. The Morgan fingerprint density at radius 2 is 1.86 bits per heavy atom. The van der Waals surface area contributed by atoms with Crippen molar-refractivity contribution in [1.82, 2.24) is 0 Å². The molecule has 0 N–H and O–H groups in total. The standard InChI is InChI=1S/C18H15NO3/c1-2-21-18(20)15(13-19)11-14-7-6-10-17(12-14)22-16-8-4-3-5-9-16/h3-12H,2H2,1H3/b15-11+. The molecule has 2 aromatic carbocycles. The number of carbonyl (C=O) groups excluding carboxylic acids is 1. The van der Waals surface area contributed by atoms with Crippen LogP contribution in [0.2, 0.25) is 0 Å². The van der Waals surface area contributed by atoms with E-state index in [0.717, 1.165) is 5.75 Å². The third-order valence-electron chi connectivity index (χ3n) is 2.76. The number of para-hydroxylation sites is 1. The van der Waals surface area contributed by atoms with Crippen molar-refractivity contribution in [2.45, 2.75) is 6.92 Å². The number of hydrogen-bond donors (Lipinski definition) is 0. The molecule has 0 unspecified atom stereocenters. The van der Waals surface area contributed by atoms with Gasteiger partial charge in [0.05, 0.1) is 6.61 Å². The van der Waals surface area contributed by atoms with Crippen LogP contribution in [-0.4, -0.2) is 12.6 Å². The second kappa shape index (κ2) is 7.65. The second-order valence-electron chi connectivity index (χ2n) is 4.38. The van der Waals surface area contributed by atoms with Crippen LogP contribution in [0.1, 0.15) is 12.5 Å². The molecule has 2 aromatic rings. The molecule has 0 bridgehead atoms. The molecule has 110 valence electrons. The molecule has 0 aromatic heterocycles. The minimum atomic E-state index is -0.626. The lowest BCUT2D eigenvalue weighted by Crippen LogP contribution is -2.05. The van der Waals surface area contributed by atoms with Crippen molar-refractivity contribution in [3.63, 3.8) is 0 Å². The maximum Gasteiger partial charge on any atom is 0.348 e. The summed E-state index contributed by atoms with van der Waals surface area (Å²) in [4.78, 5) is 11.6. The van der Waals surface area contributed by atoms with E-state index < -0.39 is 5.97 Å². The molecule has 2 rings (SSSR count). The third-order valence-corrected chi connectivity index (χ3v) is 2.76. The highest BCUT2D eigenvalue weighted by molar-refractivity contribution is 5.97. The van der Waals surface area contributed by atoms with Crippen LogP contribution in [0.25, 0.3) is 6.08 Å². The van der Waals surface area contributed by atoms with E-state index >= 15 is 0 Å². The van der Waals surface area contributed by atoms with Gasteiger partial charge in [0, 0.05) is 0 Å².